The Morgan fingerprint density at radius 1 is 0.975 bits per heavy atom. The lowest BCUT2D eigenvalue weighted by atomic mass is 9.98. The molecule has 210 valence electrons. The number of hydrogen-bond acceptors (Lipinski definition) is 3. The summed E-state index contributed by atoms with van der Waals surface area (Å²) in [5.74, 6) is 0.234. The average molecular weight is 551 g/mol. The van der Waals surface area contributed by atoms with Gasteiger partial charge in [0.1, 0.15) is 0 Å². The lowest BCUT2D eigenvalue weighted by Gasteiger charge is -2.32. The zero-order chi connectivity index (χ0) is 28.9. The first kappa shape index (κ1) is 31.1. The van der Waals surface area contributed by atoms with Crippen molar-refractivity contribution in [3.63, 3.8) is 0 Å². The summed E-state index contributed by atoms with van der Waals surface area (Å²) >= 11 is 1.86. The standard InChI is InChI=1S/C35H40N2S.C2H6/c1-6-28(29-17-11-9-12-18-29)26-36(5)32(7-2)30-21-22-34(27(4)25-30)38-35-20-14-13-19-31(35)33(8-3)37-23-15-10-16-24-37;1-2/h6,8-9,11-14,17-22,25,28H,1-2,10,15-16,23-24,26H2,3-5H3;1-2H3/b33-8-;. The van der Waals surface area contributed by atoms with E-state index in [0.29, 0.717) is 0 Å². The second kappa shape index (κ2) is 16.0. The van der Waals surface area contributed by atoms with Gasteiger partial charge in [-0.2, -0.15) is 0 Å². The minimum Gasteiger partial charge on any atom is -0.371 e. The van der Waals surface area contributed by atoms with Crippen LogP contribution in [0.5, 0.6) is 0 Å². The quantitative estimate of drug-likeness (QED) is 0.183. The molecule has 0 radical (unpaired) electrons. The van der Waals surface area contributed by atoms with Gasteiger partial charge in [0, 0.05) is 59.2 Å². The number of likely N-dealkylation sites (tertiary alicyclic amines) is 1. The van der Waals surface area contributed by atoms with E-state index in [9.17, 15) is 0 Å². The lowest BCUT2D eigenvalue weighted by molar-refractivity contribution is 0.325. The Hall–Kier alpha value is -3.39. The summed E-state index contributed by atoms with van der Waals surface area (Å²) < 4.78 is 0. The van der Waals surface area contributed by atoms with Crippen molar-refractivity contribution in [1.82, 2.24) is 9.80 Å². The van der Waals surface area contributed by atoms with Gasteiger partial charge in [-0.3, -0.25) is 0 Å². The molecule has 40 heavy (non-hydrogen) atoms. The summed E-state index contributed by atoms with van der Waals surface area (Å²) in [6.45, 7) is 19.6. The largest absolute Gasteiger partial charge is 0.371 e. The minimum absolute atomic E-state index is 0.234. The second-order valence-electron chi connectivity index (χ2n) is 9.96. The summed E-state index contributed by atoms with van der Waals surface area (Å²) in [4.78, 5) is 7.37. The molecule has 0 bridgehead atoms. The highest BCUT2D eigenvalue weighted by molar-refractivity contribution is 7.99. The zero-order valence-electron chi connectivity index (χ0n) is 25.1. The topological polar surface area (TPSA) is 6.48 Å². The van der Waals surface area contributed by atoms with Crippen molar-refractivity contribution in [2.24, 2.45) is 0 Å². The van der Waals surface area contributed by atoms with E-state index in [1.165, 1.54) is 51.4 Å². The monoisotopic (exact) mass is 550 g/mol. The van der Waals surface area contributed by atoms with Crippen LogP contribution in [0.4, 0.5) is 0 Å². The van der Waals surface area contributed by atoms with Crippen molar-refractivity contribution in [3.8, 4) is 0 Å². The predicted molar refractivity (Wildman–Crippen MR) is 177 cm³/mol. The molecule has 0 N–H and O–H groups in total. The molecule has 1 aliphatic heterocycles. The number of allylic oxidation sites excluding steroid dienone is 1. The van der Waals surface area contributed by atoms with Gasteiger partial charge in [0.15, 0.2) is 0 Å². The molecule has 1 unspecified atom stereocenters. The highest BCUT2D eigenvalue weighted by Crippen LogP contribution is 2.38. The first-order chi connectivity index (χ1) is 19.5. The molecule has 1 fully saturated rings. The Morgan fingerprint density at radius 3 is 2.27 bits per heavy atom. The highest BCUT2D eigenvalue weighted by atomic mass is 32.2. The van der Waals surface area contributed by atoms with Gasteiger partial charge >= 0.3 is 0 Å². The Kier molecular flexibility index (Phi) is 12.5. The maximum absolute atomic E-state index is 4.09. The Balaban J connectivity index is 0.00000216. The molecule has 0 saturated carbocycles. The summed E-state index contributed by atoms with van der Waals surface area (Å²) in [6, 6.07) is 26.1. The molecular weight excluding hydrogens is 504 g/mol. The van der Waals surface area contributed by atoms with Crippen LogP contribution < -0.4 is 0 Å². The number of nitrogens with zero attached hydrogens (tertiary/aromatic N) is 2. The minimum atomic E-state index is 0.234. The second-order valence-corrected chi connectivity index (χ2v) is 11.0. The molecule has 2 nitrogen and oxygen atoms in total. The SMILES string of the molecule is C=C=C(c1ccc(Sc2ccccc2/C(=C/C)N2CCCCC2)c(C)c1)N(C)CC(C=C)c1ccccc1.CC. The van der Waals surface area contributed by atoms with Crippen LogP contribution in [0, 0.1) is 6.92 Å². The van der Waals surface area contributed by atoms with Gasteiger partial charge in [-0.1, -0.05) is 98.9 Å². The molecule has 0 amide bonds. The Morgan fingerprint density at radius 2 is 1.65 bits per heavy atom. The third kappa shape index (κ3) is 7.84. The molecule has 3 heteroatoms. The normalized spacial score (nSPS) is 13.9. The van der Waals surface area contributed by atoms with Crippen molar-refractivity contribution in [2.75, 3.05) is 26.7 Å². The molecule has 3 aromatic carbocycles. The van der Waals surface area contributed by atoms with Gasteiger partial charge in [0.05, 0.1) is 5.70 Å². The van der Waals surface area contributed by atoms with Crippen LogP contribution in [0.3, 0.4) is 0 Å². The van der Waals surface area contributed by atoms with Crippen LogP contribution >= 0.6 is 11.8 Å². The van der Waals surface area contributed by atoms with E-state index in [-0.39, 0.29) is 5.92 Å². The number of benzene rings is 3. The average Bonchev–Trinajstić information content (AvgIpc) is 3.01. The molecule has 0 spiro atoms. The highest BCUT2D eigenvalue weighted by Gasteiger charge is 2.18. The molecule has 0 aromatic heterocycles. The zero-order valence-corrected chi connectivity index (χ0v) is 25.9. The molecule has 3 aromatic rings. The predicted octanol–water partition coefficient (Wildman–Crippen LogP) is 10.0. The van der Waals surface area contributed by atoms with E-state index in [4.69, 9.17) is 0 Å². The first-order valence-electron chi connectivity index (χ1n) is 14.6. The van der Waals surface area contributed by atoms with Crippen molar-refractivity contribution in [2.45, 2.75) is 62.7 Å². The van der Waals surface area contributed by atoms with E-state index in [0.717, 1.165) is 30.9 Å². The maximum atomic E-state index is 4.09. The van der Waals surface area contributed by atoms with Crippen molar-refractivity contribution >= 4 is 23.2 Å². The Labute approximate surface area is 247 Å². The number of hydrogen-bond donors (Lipinski definition) is 0. The summed E-state index contributed by atoms with van der Waals surface area (Å²) in [5.41, 5.74) is 10.6. The lowest BCUT2D eigenvalue weighted by Crippen LogP contribution is -2.28. The number of likely N-dealkylation sites (N-methyl/N-ethyl adjacent to an activating group) is 1. The fourth-order valence-electron chi connectivity index (χ4n) is 5.30. The molecule has 1 heterocycles. The van der Waals surface area contributed by atoms with Crippen molar-refractivity contribution in [1.29, 1.82) is 0 Å². The van der Waals surface area contributed by atoms with Gasteiger partial charge in [-0.05, 0) is 62.4 Å². The van der Waals surface area contributed by atoms with E-state index in [2.05, 4.69) is 128 Å². The fraction of sp³-hybridized carbons (Fsp3) is 0.324. The van der Waals surface area contributed by atoms with Gasteiger partial charge in [0.2, 0.25) is 0 Å². The fourth-order valence-corrected chi connectivity index (χ4v) is 6.32. The van der Waals surface area contributed by atoms with Crippen LogP contribution in [0.15, 0.2) is 114 Å². The third-order valence-electron chi connectivity index (χ3n) is 7.33. The molecule has 1 aliphatic rings. The molecule has 0 aliphatic carbocycles. The van der Waals surface area contributed by atoms with Gasteiger partial charge < -0.3 is 9.80 Å². The number of piperidine rings is 1. The smallest absolute Gasteiger partial charge is 0.0865 e. The van der Waals surface area contributed by atoms with Crippen LogP contribution in [0.25, 0.3) is 11.4 Å². The molecular formula is C37H46N2S. The van der Waals surface area contributed by atoms with E-state index < -0.39 is 0 Å². The first-order valence-corrected chi connectivity index (χ1v) is 15.5. The van der Waals surface area contributed by atoms with Crippen LogP contribution in [-0.4, -0.2) is 36.5 Å². The van der Waals surface area contributed by atoms with Gasteiger partial charge in [-0.15, -0.1) is 12.3 Å². The van der Waals surface area contributed by atoms with Gasteiger partial charge in [0.25, 0.3) is 0 Å². The van der Waals surface area contributed by atoms with E-state index in [1.54, 1.807) is 0 Å². The summed E-state index contributed by atoms with van der Waals surface area (Å²) in [5, 5.41) is 0. The molecule has 1 atom stereocenters. The maximum Gasteiger partial charge on any atom is 0.0865 e. The molecule has 4 rings (SSSR count). The Bertz CT molecular complexity index is 1310. The summed E-state index contributed by atoms with van der Waals surface area (Å²) in [7, 11) is 2.11. The van der Waals surface area contributed by atoms with Crippen molar-refractivity contribution < 1.29 is 0 Å². The number of rotatable bonds is 10. The molecule has 1 saturated heterocycles. The van der Waals surface area contributed by atoms with E-state index in [1.807, 2.05) is 31.7 Å². The third-order valence-corrected chi connectivity index (χ3v) is 8.59. The number of aryl methyl sites for hydroxylation is 1. The van der Waals surface area contributed by atoms with Crippen molar-refractivity contribution in [3.05, 3.63) is 126 Å². The summed E-state index contributed by atoms with van der Waals surface area (Å²) in [6.07, 6.45) is 8.20. The van der Waals surface area contributed by atoms with E-state index >= 15 is 0 Å². The van der Waals surface area contributed by atoms with Crippen LogP contribution in [0.2, 0.25) is 0 Å². The van der Waals surface area contributed by atoms with Crippen LogP contribution in [-0.2, 0) is 0 Å². The van der Waals surface area contributed by atoms with Crippen LogP contribution in [0.1, 0.15) is 68.2 Å². The van der Waals surface area contributed by atoms with Gasteiger partial charge in [-0.25, -0.2) is 0 Å².